The first-order valence-electron chi connectivity index (χ1n) is 7.85. The molecule has 0 unspecified atom stereocenters. The van der Waals surface area contributed by atoms with Crippen molar-refractivity contribution in [2.75, 3.05) is 19.7 Å². The monoisotopic (exact) mass is 318 g/mol. The van der Waals surface area contributed by atoms with Crippen molar-refractivity contribution in [1.29, 1.82) is 0 Å². The van der Waals surface area contributed by atoms with E-state index in [0.29, 0.717) is 19.7 Å². The van der Waals surface area contributed by atoms with Crippen LogP contribution in [0.15, 0.2) is 41.3 Å². The molecule has 0 aromatic carbocycles. The molecule has 1 fully saturated rings. The number of ether oxygens (including phenoxy) is 1. The third-order valence-corrected chi connectivity index (χ3v) is 4.06. The van der Waals surface area contributed by atoms with Gasteiger partial charge >= 0.3 is 0 Å². The van der Waals surface area contributed by atoms with E-state index in [2.05, 4.69) is 15.3 Å². The smallest absolute Gasteiger partial charge is 0.237 e. The summed E-state index contributed by atoms with van der Waals surface area (Å²) in [6, 6.07) is 5.35. The fourth-order valence-electron chi connectivity index (χ4n) is 2.72. The number of hydrogen-bond acceptors (Lipinski definition) is 5. The van der Waals surface area contributed by atoms with E-state index in [1.165, 1.54) is 0 Å². The fourth-order valence-corrected chi connectivity index (χ4v) is 2.72. The van der Waals surface area contributed by atoms with E-state index in [4.69, 9.17) is 9.15 Å². The Labute approximate surface area is 135 Å². The molecule has 1 N–H and O–H groups in total. The van der Waals surface area contributed by atoms with Gasteiger partial charge in [-0.15, -0.1) is 0 Å². The highest BCUT2D eigenvalue weighted by Gasteiger charge is 2.28. The van der Waals surface area contributed by atoms with Crippen LogP contribution in [0, 0.1) is 0 Å². The number of nitrogens with one attached hydrogen (secondary N) is 1. The maximum atomic E-state index is 12.3. The molecular weight excluding hydrogens is 296 g/mol. The van der Waals surface area contributed by atoms with E-state index in [9.17, 15) is 4.79 Å². The van der Waals surface area contributed by atoms with Crippen molar-refractivity contribution < 1.29 is 13.9 Å². The molecule has 23 heavy (non-hydrogen) atoms. The molecule has 2 aromatic rings. The molecule has 2 atom stereocenters. The third-order valence-electron chi connectivity index (χ3n) is 4.06. The zero-order chi connectivity index (χ0) is 16.1. The van der Waals surface area contributed by atoms with Crippen molar-refractivity contribution in [2.24, 2.45) is 0 Å². The molecule has 0 bridgehead atoms. The van der Waals surface area contributed by atoms with Gasteiger partial charge in [0.2, 0.25) is 5.91 Å². The molecule has 7 nitrogen and oxygen atoms in total. The number of carbonyl (C=O) groups excluding carboxylic acids is 1. The molecule has 0 aliphatic carbocycles. The van der Waals surface area contributed by atoms with E-state index in [1.807, 2.05) is 36.0 Å². The topological polar surface area (TPSA) is 72.5 Å². The molecular formula is C16H22N4O3. The van der Waals surface area contributed by atoms with E-state index in [-0.39, 0.29) is 18.1 Å². The first kappa shape index (κ1) is 15.8. The molecule has 7 heteroatoms. The molecule has 1 aliphatic heterocycles. The zero-order valence-electron chi connectivity index (χ0n) is 13.2. The largest absolute Gasteiger partial charge is 0.467 e. The van der Waals surface area contributed by atoms with Crippen molar-refractivity contribution in [2.45, 2.75) is 32.2 Å². The SMILES string of the molecule is C[C@@H](C(=O)NCc1ccco1)N1CCO[C@@H](Cn2cccn2)C1. The summed E-state index contributed by atoms with van der Waals surface area (Å²) in [6.07, 6.45) is 5.32. The lowest BCUT2D eigenvalue weighted by Gasteiger charge is -2.36. The maximum absolute atomic E-state index is 12.3. The normalized spacial score (nSPS) is 20.3. The van der Waals surface area contributed by atoms with Gasteiger partial charge in [-0.3, -0.25) is 14.4 Å². The van der Waals surface area contributed by atoms with Gasteiger partial charge in [-0.25, -0.2) is 0 Å². The van der Waals surface area contributed by atoms with Crippen LogP contribution in [0.5, 0.6) is 0 Å². The quantitative estimate of drug-likeness (QED) is 0.856. The van der Waals surface area contributed by atoms with Crippen LogP contribution in [0.25, 0.3) is 0 Å². The van der Waals surface area contributed by atoms with Crippen LogP contribution in [0.1, 0.15) is 12.7 Å². The van der Waals surface area contributed by atoms with Crippen molar-refractivity contribution in [3.63, 3.8) is 0 Å². The Morgan fingerprint density at radius 1 is 1.52 bits per heavy atom. The second-order valence-electron chi connectivity index (χ2n) is 5.69. The summed E-state index contributed by atoms with van der Waals surface area (Å²) in [5, 5.41) is 7.11. The van der Waals surface area contributed by atoms with Gasteiger partial charge in [0.05, 0.1) is 38.1 Å². The molecule has 1 saturated heterocycles. The number of rotatable bonds is 6. The molecule has 124 valence electrons. The van der Waals surface area contributed by atoms with Crippen LogP contribution >= 0.6 is 0 Å². The fraction of sp³-hybridized carbons (Fsp3) is 0.500. The van der Waals surface area contributed by atoms with Gasteiger partial charge in [0, 0.05) is 25.5 Å². The van der Waals surface area contributed by atoms with E-state index in [0.717, 1.165) is 18.8 Å². The van der Waals surface area contributed by atoms with Gasteiger partial charge in [-0.05, 0) is 25.1 Å². The van der Waals surface area contributed by atoms with Gasteiger partial charge in [0.15, 0.2) is 0 Å². The molecule has 3 rings (SSSR count). The predicted octanol–water partition coefficient (Wildman–Crippen LogP) is 0.882. The van der Waals surface area contributed by atoms with Gasteiger partial charge in [-0.1, -0.05) is 0 Å². The lowest BCUT2D eigenvalue weighted by molar-refractivity contribution is -0.129. The zero-order valence-corrected chi connectivity index (χ0v) is 13.2. The Hall–Kier alpha value is -2.12. The Morgan fingerprint density at radius 2 is 2.43 bits per heavy atom. The second-order valence-corrected chi connectivity index (χ2v) is 5.69. The Kier molecular flexibility index (Phi) is 5.09. The number of aromatic nitrogens is 2. The van der Waals surface area contributed by atoms with Crippen LogP contribution in [0.3, 0.4) is 0 Å². The average Bonchev–Trinajstić information content (AvgIpc) is 3.25. The summed E-state index contributed by atoms with van der Waals surface area (Å²) >= 11 is 0. The highest BCUT2D eigenvalue weighted by atomic mass is 16.5. The summed E-state index contributed by atoms with van der Waals surface area (Å²) in [5.74, 6) is 0.755. The first-order valence-corrected chi connectivity index (χ1v) is 7.85. The lowest BCUT2D eigenvalue weighted by atomic mass is 10.2. The highest BCUT2D eigenvalue weighted by Crippen LogP contribution is 2.11. The van der Waals surface area contributed by atoms with E-state index < -0.39 is 0 Å². The standard InChI is InChI=1S/C16H22N4O3/c1-13(16(21)17-10-14-4-2-8-22-14)19-7-9-23-15(11-19)12-20-6-3-5-18-20/h2-6,8,13,15H,7,9-12H2,1H3,(H,17,21)/t13-,15+/m0/s1. The van der Waals surface area contributed by atoms with Crippen molar-refractivity contribution >= 4 is 5.91 Å². The molecule has 0 spiro atoms. The minimum absolute atomic E-state index is 0.00105. The number of amides is 1. The lowest BCUT2D eigenvalue weighted by Crippen LogP contribution is -2.52. The van der Waals surface area contributed by atoms with Crippen molar-refractivity contribution in [1.82, 2.24) is 20.0 Å². The minimum atomic E-state index is -0.200. The summed E-state index contributed by atoms with van der Waals surface area (Å²) in [7, 11) is 0. The van der Waals surface area contributed by atoms with Crippen LogP contribution < -0.4 is 5.32 Å². The number of carbonyl (C=O) groups is 1. The molecule has 3 heterocycles. The Morgan fingerprint density at radius 3 is 3.17 bits per heavy atom. The first-order chi connectivity index (χ1) is 11.2. The van der Waals surface area contributed by atoms with Gasteiger partial charge in [0.25, 0.3) is 0 Å². The molecule has 1 aliphatic rings. The predicted molar refractivity (Wildman–Crippen MR) is 83.6 cm³/mol. The highest BCUT2D eigenvalue weighted by molar-refractivity contribution is 5.81. The molecule has 0 saturated carbocycles. The molecule has 1 amide bonds. The van der Waals surface area contributed by atoms with Gasteiger partial charge < -0.3 is 14.5 Å². The van der Waals surface area contributed by atoms with Crippen LogP contribution in [-0.2, 0) is 22.6 Å². The van der Waals surface area contributed by atoms with E-state index >= 15 is 0 Å². The molecule has 2 aromatic heterocycles. The number of furan rings is 1. The minimum Gasteiger partial charge on any atom is -0.467 e. The summed E-state index contributed by atoms with van der Waals surface area (Å²) in [6.45, 7) is 5.14. The Balaban J connectivity index is 1.49. The number of morpholine rings is 1. The van der Waals surface area contributed by atoms with E-state index in [1.54, 1.807) is 12.5 Å². The van der Waals surface area contributed by atoms with Crippen LogP contribution in [0.2, 0.25) is 0 Å². The van der Waals surface area contributed by atoms with Gasteiger partial charge in [0.1, 0.15) is 5.76 Å². The maximum Gasteiger partial charge on any atom is 0.237 e. The number of hydrogen-bond donors (Lipinski definition) is 1. The van der Waals surface area contributed by atoms with Crippen LogP contribution in [0.4, 0.5) is 0 Å². The third kappa shape index (κ3) is 4.20. The van der Waals surface area contributed by atoms with Crippen LogP contribution in [-0.4, -0.2) is 52.4 Å². The second kappa shape index (κ2) is 7.43. The summed E-state index contributed by atoms with van der Waals surface area (Å²) < 4.78 is 12.9. The van der Waals surface area contributed by atoms with Crippen molar-refractivity contribution in [3.8, 4) is 0 Å². The average molecular weight is 318 g/mol. The van der Waals surface area contributed by atoms with Gasteiger partial charge in [-0.2, -0.15) is 5.10 Å². The molecule has 0 radical (unpaired) electrons. The Bertz CT molecular complexity index is 597. The number of nitrogens with zero attached hydrogens (tertiary/aromatic N) is 3. The summed E-state index contributed by atoms with van der Waals surface area (Å²) in [5.41, 5.74) is 0. The summed E-state index contributed by atoms with van der Waals surface area (Å²) in [4.78, 5) is 14.5. The van der Waals surface area contributed by atoms with Crippen molar-refractivity contribution in [3.05, 3.63) is 42.6 Å².